The first kappa shape index (κ1) is 18.3. The third kappa shape index (κ3) is 4.38. The Morgan fingerprint density at radius 3 is 1.85 bits per heavy atom. The molecule has 2 aromatic carbocycles. The summed E-state index contributed by atoms with van der Waals surface area (Å²) in [5.41, 5.74) is 2.58. The lowest BCUT2D eigenvalue weighted by Crippen LogP contribution is -2.39. The van der Waals surface area contributed by atoms with Gasteiger partial charge in [0.15, 0.2) is 6.04 Å². The predicted molar refractivity (Wildman–Crippen MR) is 103 cm³/mol. The highest BCUT2D eigenvalue weighted by molar-refractivity contribution is 6.13. The third-order valence-corrected chi connectivity index (χ3v) is 4.80. The number of nitrogens with zero attached hydrogens (tertiary/aromatic N) is 1. The van der Waals surface area contributed by atoms with Crippen LogP contribution in [0.2, 0.25) is 0 Å². The first-order valence-electron chi connectivity index (χ1n) is 9.11. The van der Waals surface area contributed by atoms with Crippen LogP contribution < -0.4 is 0 Å². The lowest BCUT2D eigenvalue weighted by molar-refractivity contribution is -0.142. The first-order chi connectivity index (χ1) is 12.5. The second kappa shape index (κ2) is 8.28. The summed E-state index contributed by atoms with van der Waals surface area (Å²) in [6.07, 6.45) is 1.53. The second-order valence-electron chi connectivity index (χ2n) is 6.98. The molecule has 0 unspecified atom stereocenters. The summed E-state index contributed by atoms with van der Waals surface area (Å²) < 4.78 is 5.78. The molecule has 1 aliphatic rings. The van der Waals surface area contributed by atoms with Crippen molar-refractivity contribution >= 4 is 11.7 Å². The summed E-state index contributed by atoms with van der Waals surface area (Å²) in [4.78, 5) is 16.8. The van der Waals surface area contributed by atoms with E-state index in [1.165, 1.54) is 0 Å². The second-order valence-corrected chi connectivity index (χ2v) is 6.98. The van der Waals surface area contributed by atoms with Crippen molar-refractivity contribution in [1.82, 2.24) is 0 Å². The number of hydrogen-bond acceptors (Lipinski definition) is 3. The maximum Gasteiger partial charge on any atom is 0.328 e. The smallest absolute Gasteiger partial charge is 0.328 e. The molecule has 26 heavy (non-hydrogen) atoms. The van der Waals surface area contributed by atoms with Crippen molar-refractivity contribution in [2.24, 2.45) is 10.9 Å². The largest absolute Gasteiger partial charge is 0.480 e. The van der Waals surface area contributed by atoms with Gasteiger partial charge in [-0.25, -0.2) is 4.79 Å². The Bertz CT molecular complexity index is 706. The number of carboxylic acids is 1. The van der Waals surface area contributed by atoms with Crippen molar-refractivity contribution in [3.05, 3.63) is 71.8 Å². The quantitative estimate of drug-likeness (QED) is 0.822. The SMILES string of the molecule is C[C@@H]1CC([C@H](N=C(c2ccccc2)c2ccccc2)C(=O)O)C[C@@H](C)O1. The van der Waals surface area contributed by atoms with Gasteiger partial charge in [0.05, 0.1) is 17.9 Å². The molecule has 136 valence electrons. The number of benzene rings is 2. The van der Waals surface area contributed by atoms with Crippen LogP contribution in [0.5, 0.6) is 0 Å². The zero-order valence-electron chi connectivity index (χ0n) is 15.2. The van der Waals surface area contributed by atoms with Gasteiger partial charge in [0.25, 0.3) is 0 Å². The Morgan fingerprint density at radius 2 is 1.42 bits per heavy atom. The topological polar surface area (TPSA) is 58.9 Å². The number of ether oxygens (including phenoxy) is 1. The van der Waals surface area contributed by atoms with Crippen LogP contribution in [0.4, 0.5) is 0 Å². The van der Waals surface area contributed by atoms with Gasteiger partial charge in [-0.15, -0.1) is 0 Å². The van der Waals surface area contributed by atoms with Crippen LogP contribution in [0.25, 0.3) is 0 Å². The summed E-state index contributed by atoms with van der Waals surface area (Å²) in [7, 11) is 0. The van der Waals surface area contributed by atoms with Crippen molar-refractivity contribution < 1.29 is 14.6 Å². The highest BCUT2D eigenvalue weighted by Gasteiger charge is 2.35. The molecule has 1 saturated heterocycles. The molecule has 1 aliphatic heterocycles. The minimum atomic E-state index is -0.874. The number of rotatable bonds is 5. The minimum absolute atomic E-state index is 0.0336. The van der Waals surface area contributed by atoms with E-state index in [2.05, 4.69) is 0 Å². The first-order valence-corrected chi connectivity index (χ1v) is 9.11. The summed E-state index contributed by atoms with van der Waals surface area (Å²) in [5.74, 6) is -0.908. The molecule has 0 aromatic heterocycles. The standard InChI is InChI=1S/C22H25NO3/c1-15-13-19(14-16(2)26-15)21(22(24)25)23-20(17-9-5-3-6-10-17)18-11-7-4-8-12-18/h3-12,15-16,19,21H,13-14H2,1-2H3,(H,24,25)/t15-,16-,21+/m1/s1. The maximum absolute atomic E-state index is 12.1. The number of aliphatic carboxylic acids is 1. The Kier molecular flexibility index (Phi) is 5.84. The molecular formula is C22H25NO3. The molecular weight excluding hydrogens is 326 g/mol. The number of carboxylic acid groups (broad SMARTS) is 1. The van der Waals surface area contributed by atoms with Gasteiger partial charge in [0.1, 0.15) is 0 Å². The molecule has 0 bridgehead atoms. The van der Waals surface area contributed by atoms with E-state index < -0.39 is 12.0 Å². The number of hydrogen-bond donors (Lipinski definition) is 1. The Balaban J connectivity index is 2.02. The predicted octanol–water partition coefficient (Wildman–Crippen LogP) is 4.18. The lowest BCUT2D eigenvalue weighted by Gasteiger charge is -2.34. The average Bonchev–Trinajstić information content (AvgIpc) is 2.63. The molecule has 0 amide bonds. The van der Waals surface area contributed by atoms with Crippen molar-refractivity contribution in [3.8, 4) is 0 Å². The fourth-order valence-electron chi connectivity index (χ4n) is 3.72. The molecule has 0 saturated carbocycles. The van der Waals surface area contributed by atoms with Gasteiger partial charge in [0, 0.05) is 11.1 Å². The molecule has 2 aromatic rings. The van der Waals surface area contributed by atoms with E-state index in [9.17, 15) is 9.90 Å². The number of carbonyl (C=O) groups is 1. The van der Waals surface area contributed by atoms with Crippen molar-refractivity contribution in [2.45, 2.75) is 44.9 Å². The van der Waals surface area contributed by atoms with Gasteiger partial charge in [-0.3, -0.25) is 4.99 Å². The fourth-order valence-corrected chi connectivity index (χ4v) is 3.72. The molecule has 0 radical (unpaired) electrons. The van der Waals surface area contributed by atoms with Crippen molar-refractivity contribution in [2.75, 3.05) is 0 Å². The monoisotopic (exact) mass is 351 g/mol. The summed E-state index contributed by atoms with van der Waals surface area (Å²) in [6.45, 7) is 4.00. The summed E-state index contributed by atoms with van der Waals surface area (Å²) >= 11 is 0. The molecule has 1 heterocycles. The number of aliphatic imine (C=N–C) groups is 1. The van der Waals surface area contributed by atoms with Gasteiger partial charge >= 0.3 is 5.97 Å². The van der Waals surface area contributed by atoms with Crippen LogP contribution in [0.15, 0.2) is 65.7 Å². The normalized spacial score (nSPS) is 23.8. The van der Waals surface area contributed by atoms with Gasteiger partial charge in [-0.1, -0.05) is 60.7 Å². The van der Waals surface area contributed by atoms with Gasteiger partial charge < -0.3 is 9.84 Å². The Hall–Kier alpha value is -2.46. The highest BCUT2D eigenvalue weighted by atomic mass is 16.5. The van der Waals surface area contributed by atoms with E-state index in [-0.39, 0.29) is 18.1 Å². The summed E-state index contributed by atoms with van der Waals surface area (Å²) in [5, 5.41) is 9.89. The molecule has 1 fully saturated rings. The van der Waals surface area contributed by atoms with E-state index in [4.69, 9.17) is 9.73 Å². The molecule has 1 N–H and O–H groups in total. The van der Waals surface area contributed by atoms with E-state index in [0.717, 1.165) is 16.8 Å². The third-order valence-electron chi connectivity index (χ3n) is 4.80. The van der Waals surface area contributed by atoms with Gasteiger partial charge in [0.2, 0.25) is 0 Å². The van der Waals surface area contributed by atoms with Crippen LogP contribution >= 0.6 is 0 Å². The highest BCUT2D eigenvalue weighted by Crippen LogP contribution is 2.30. The molecule has 3 atom stereocenters. The van der Waals surface area contributed by atoms with Crippen molar-refractivity contribution in [1.29, 1.82) is 0 Å². The van der Waals surface area contributed by atoms with Crippen LogP contribution in [-0.2, 0) is 9.53 Å². The van der Waals surface area contributed by atoms with Crippen LogP contribution in [0.1, 0.15) is 37.8 Å². The zero-order valence-corrected chi connectivity index (χ0v) is 15.2. The minimum Gasteiger partial charge on any atom is -0.480 e. The fraction of sp³-hybridized carbons (Fsp3) is 0.364. The molecule has 0 aliphatic carbocycles. The molecule has 4 nitrogen and oxygen atoms in total. The molecule has 3 rings (SSSR count). The van der Waals surface area contributed by atoms with Crippen LogP contribution in [0, 0.1) is 5.92 Å². The Morgan fingerprint density at radius 1 is 0.962 bits per heavy atom. The van der Waals surface area contributed by atoms with Crippen LogP contribution in [0.3, 0.4) is 0 Å². The Labute approximate surface area is 154 Å². The lowest BCUT2D eigenvalue weighted by atomic mass is 9.86. The summed E-state index contributed by atoms with van der Waals surface area (Å²) in [6, 6.07) is 18.8. The van der Waals surface area contributed by atoms with E-state index in [1.54, 1.807) is 0 Å². The molecule has 0 spiro atoms. The average molecular weight is 351 g/mol. The van der Waals surface area contributed by atoms with Crippen molar-refractivity contribution in [3.63, 3.8) is 0 Å². The van der Waals surface area contributed by atoms with E-state index in [1.807, 2.05) is 74.5 Å². The van der Waals surface area contributed by atoms with E-state index in [0.29, 0.717) is 12.8 Å². The van der Waals surface area contributed by atoms with Crippen LogP contribution in [-0.4, -0.2) is 35.0 Å². The maximum atomic E-state index is 12.1. The van der Waals surface area contributed by atoms with E-state index >= 15 is 0 Å². The zero-order chi connectivity index (χ0) is 18.5. The van der Waals surface area contributed by atoms with Gasteiger partial charge in [-0.2, -0.15) is 0 Å². The molecule has 4 heteroatoms. The van der Waals surface area contributed by atoms with Gasteiger partial charge in [-0.05, 0) is 32.6 Å².